The highest BCUT2D eigenvalue weighted by Crippen LogP contribution is 2.34. The van der Waals surface area contributed by atoms with E-state index in [1.54, 1.807) is 12.1 Å². The summed E-state index contributed by atoms with van der Waals surface area (Å²) in [4.78, 5) is 4.29. The molecule has 0 fully saturated rings. The molecule has 0 spiro atoms. The lowest BCUT2D eigenvalue weighted by atomic mass is 10.2. The number of rotatable bonds is 1. The molecule has 1 aromatic carbocycles. The van der Waals surface area contributed by atoms with Crippen LogP contribution in [0, 0.1) is 5.21 Å². The zero-order valence-electron chi connectivity index (χ0n) is 8.77. The average molecular weight is 218 g/mol. The number of fused-ring (bicyclic) bond motifs is 2. The molecule has 1 aliphatic heterocycles. The molecule has 0 aliphatic carbocycles. The maximum Gasteiger partial charge on any atom is 0.301 e. The highest BCUT2D eigenvalue weighted by molar-refractivity contribution is 5.81. The molecule has 82 valence electrons. The Kier molecular flexibility index (Phi) is 1.86. The molecule has 1 aromatic heterocycles. The van der Waals surface area contributed by atoms with Crippen LogP contribution in [-0.4, -0.2) is 11.8 Å². The first-order chi connectivity index (χ1) is 7.78. The predicted molar refractivity (Wildman–Crippen MR) is 56.2 cm³/mol. The fraction of sp³-hybridized carbons (Fsp3) is 0.273. The van der Waals surface area contributed by atoms with Gasteiger partial charge in [-0.25, -0.2) is 4.73 Å². The lowest BCUT2D eigenvalue weighted by molar-refractivity contribution is -0.615. The molecular formula is C11H10N2O3. The molecule has 5 heteroatoms. The third-order valence-electron chi connectivity index (χ3n) is 2.60. The van der Waals surface area contributed by atoms with Gasteiger partial charge in [-0.05, 0) is 11.1 Å². The molecule has 0 amide bonds. The maximum absolute atomic E-state index is 11.5. The molecule has 0 bridgehead atoms. The van der Waals surface area contributed by atoms with Crippen LogP contribution in [0.2, 0.25) is 0 Å². The number of hydrogen-bond donors (Lipinski definition) is 0. The van der Waals surface area contributed by atoms with Crippen LogP contribution in [0.4, 0.5) is 0 Å². The first-order valence-corrected chi connectivity index (χ1v) is 5.10. The van der Waals surface area contributed by atoms with Crippen LogP contribution < -0.4 is 14.2 Å². The summed E-state index contributed by atoms with van der Waals surface area (Å²) in [5.41, 5.74) is 0.758. The summed E-state index contributed by atoms with van der Waals surface area (Å²) in [5.74, 6) is 1.86. The average Bonchev–Trinajstić information content (AvgIpc) is 2.72. The van der Waals surface area contributed by atoms with E-state index in [0.29, 0.717) is 23.7 Å². The van der Waals surface area contributed by atoms with E-state index in [1.165, 1.54) is 6.20 Å². The highest BCUT2D eigenvalue weighted by Gasteiger charge is 2.18. The third-order valence-corrected chi connectivity index (χ3v) is 2.60. The summed E-state index contributed by atoms with van der Waals surface area (Å²) in [6.07, 6.45) is 2.12. The SMILES string of the molecule is CCc1nc2cc3c(cc2c[n+]1[O-])OCO3. The lowest BCUT2D eigenvalue weighted by Crippen LogP contribution is -2.32. The van der Waals surface area contributed by atoms with Crippen LogP contribution in [0.25, 0.3) is 10.9 Å². The number of ether oxygens (including phenoxy) is 2. The van der Waals surface area contributed by atoms with E-state index in [9.17, 15) is 5.21 Å². The second-order valence-electron chi connectivity index (χ2n) is 3.60. The summed E-state index contributed by atoms with van der Waals surface area (Å²) in [7, 11) is 0. The van der Waals surface area contributed by atoms with Crippen LogP contribution in [0.1, 0.15) is 12.7 Å². The molecule has 16 heavy (non-hydrogen) atoms. The second kappa shape index (κ2) is 3.23. The summed E-state index contributed by atoms with van der Waals surface area (Å²) >= 11 is 0. The molecule has 0 unspecified atom stereocenters. The number of aromatic nitrogens is 2. The molecule has 0 atom stereocenters. The van der Waals surface area contributed by atoms with Gasteiger partial charge in [0, 0.05) is 6.07 Å². The number of aryl methyl sites for hydroxylation is 1. The first-order valence-electron chi connectivity index (χ1n) is 5.10. The second-order valence-corrected chi connectivity index (χ2v) is 3.60. The van der Waals surface area contributed by atoms with Gasteiger partial charge in [-0.15, -0.1) is 0 Å². The van der Waals surface area contributed by atoms with Gasteiger partial charge in [-0.2, -0.15) is 0 Å². The van der Waals surface area contributed by atoms with Crippen molar-refractivity contribution < 1.29 is 14.2 Å². The Balaban J connectivity index is 2.28. The van der Waals surface area contributed by atoms with E-state index in [0.717, 1.165) is 15.6 Å². The first kappa shape index (κ1) is 9.21. The molecule has 1 aliphatic rings. The van der Waals surface area contributed by atoms with E-state index in [1.807, 2.05) is 6.92 Å². The standard InChI is InChI=1S/C11H10N2O3/c1-2-11-12-8-4-10-9(15-6-16-10)3-7(8)5-13(11)14/h3-5H,2,6H2,1H3. The zero-order chi connectivity index (χ0) is 11.1. The van der Waals surface area contributed by atoms with Crippen LogP contribution >= 0.6 is 0 Å². The smallest absolute Gasteiger partial charge is 0.301 e. The predicted octanol–water partition coefficient (Wildman–Crippen LogP) is 1.16. The molecule has 5 nitrogen and oxygen atoms in total. The maximum atomic E-state index is 11.5. The Morgan fingerprint density at radius 2 is 2.12 bits per heavy atom. The van der Waals surface area contributed by atoms with Crippen molar-refractivity contribution in [2.24, 2.45) is 0 Å². The molecule has 3 rings (SSSR count). The van der Waals surface area contributed by atoms with E-state index < -0.39 is 0 Å². The van der Waals surface area contributed by atoms with Crippen molar-refractivity contribution in [2.75, 3.05) is 6.79 Å². The van der Waals surface area contributed by atoms with Crippen molar-refractivity contribution in [2.45, 2.75) is 13.3 Å². The Morgan fingerprint density at radius 1 is 1.38 bits per heavy atom. The minimum atomic E-state index is 0.226. The van der Waals surface area contributed by atoms with Gasteiger partial charge < -0.3 is 14.7 Å². The minimum Gasteiger partial charge on any atom is -0.711 e. The highest BCUT2D eigenvalue weighted by atomic mass is 16.7. The summed E-state index contributed by atoms with van der Waals surface area (Å²) in [6, 6.07) is 3.58. The summed E-state index contributed by atoms with van der Waals surface area (Å²) in [5, 5.41) is 12.3. The van der Waals surface area contributed by atoms with E-state index >= 15 is 0 Å². The molecule has 0 saturated carbocycles. The number of nitrogens with zero attached hydrogens (tertiary/aromatic N) is 2. The van der Waals surface area contributed by atoms with Crippen molar-refractivity contribution >= 4 is 10.9 Å². The van der Waals surface area contributed by atoms with Gasteiger partial charge in [-0.1, -0.05) is 6.92 Å². The van der Waals surface area contributed by atoms with Crippen LogP contribution in [0.15, 0.2) is 18.3 Å². The van der Waals surface area contributed by atoms with E-state index in [2.05, 4.69) is 4.98 Å². The van der Waals surface area contributed by atoms with Crippen molar-refractivity contribution in [1.82, 2.24) is 4.98 Å². The van der Waals surface area contributed by atoms with Gasteiger partial charge >= 0.3 is 5.82 Å². The van der Waals surface area contributed by atoms with Crippen LogP contribution in [0.3, 0.4) is 0 Å². The normalized spacial score (nSPS) is 13.3. The van der Waals surface area contributed by atoms with Crippen molar-refractivity contribution in [3.8, 4) is 11.5 Å². The number of hydrogen-bond acceptors (Lipinski definition) is 4. The Hall–Kier alpha value is -2.04. The van der Waals surface area contributed by atoms with Crippen LogP contribution in [0.5, 0.6) is 11.5 Å². The molecular weight excluding hydrogens is 208 g/mol. The molecule has 0 radical (unpaired) electrons. The van der Waals surface area contributed by atoms with Crippen molar-refractivity contribution in [1.29, 1.82) is 0 Å². The largest absolute Gasteiger partial charge is 0.711 e. The van der Waals surface area contributed by atoms with E-state index in [4.69, 9.17) is 9.47 Å². The Labute approximate surface area is 91.8 Å². The van der Waals surface area contributed by atoms with Gasteiger partial charge in [0.1, 0.15) is 6.20 Å². The summed E-state index contributed by atoms with van der Waals surface area (Å²) < 4.78 is 11.3. The molecule has 0 N–H and O–H groups in total. The minimum absolute atomic E-state index is 0.226. The fourth-order valence-electron chi connectivity index (χ4n) is 1.77. The fourth-order valence-corrected chi connectivity index (χ4v) is 1.77. The van der Waals surface area contributed by atoms with Gasteiger partial charge in [0.2, 0.25) is 6.79 Å². The van der Waals surface area contributed by atoms with Gasteiger partial charge in [0.05, 0.1) is 11.8 Å². The van der Waals surface area contributed by atoms with Crippen molar-refractivity contribution in [3.05, 3.63) is 29.4 Å². The van der Waals surface area contributed by atoms with Gasteiger partial charge in [0.15, 0.2) is 17.0 Å². The Morgan fingerprint density at radius 3 is 2.88 bits per heavy atom. The lowest BCUT2D eigenvalue weighted by Gasteiger charge is -2.05. The Bertz CT molecular complexity index is 558. The molecule has 2 heterocycles. The molecule has 2 aromatic rings. The topological polar surface area (TPSA) is 58.3 Å². The monoisotopic (exact) mass is 218 g/mol. The van der Waals surface area contributed by atoms with Crippen LogP contribution in [-0.2, 0) is 6.42 Å². The summed E-state index contributed by atoms with van der Waals surface area (Å²) in [6.45, 7) is 2.12. The zero-order valence-corrected chi connectivity index (χ0v) is 8.77. The third kappa shape index (κ3) is 1.25. The molecule has 0 saturated heterocycles. The van der Waals surface area contributed by atoms with Crippen molar-refractivity contribution in [3.63, 3.8) is 0 Å². The van der Waals surface area contributed by atoms with E-state index in [-0.39, 0.29) is 6.79 Å². The quantitative estimate of drug-likeness (QED) is 0.532. The van der Waals surface area contributed by atoms with Gasteiger partial charge in [-0.3, -0.25) is 0 Å². The number of benzene rings is 1. The van der Waals surface area contributed by atoms with Gasteiger partial charge in [0.25, 0.3) is 0 Å².